The summed E-state index contributed by atoms with van der Waals surface area (Å²) in [5.41, 5.74) is 6.03. The van der Waals surface area contributed by atoms with Crippen molar-refractivity contribution in [2.45, 2.75) is 6.54 Å². The lowest BCUT2D eigenvalue weighted by atomic mass is 10.1. The minimum absolute atomic E-state index is 0.0281. The zero-order valence-electron chi connectivity index (χ0n) is 13.8. The van der Waals surface area contributed by atoms with Gasteiger partial charge in [-0.2, -0.15) is 0 Å². The van der Waals surface area contributed by atoms with E-state index in [1.165, 1.54) is 17.0 Å². The third kappa shape index (κ3) is 4.93. The van der Waals surface area contributed by atoms with E-state index in [0.29, 0.717) is 5.02 Å². The molecule has 8 nitrogen and oxygen atoms in total. The monoisotopic (exact) mass is 377 g/mol. The highest BCUT2D eigenvalue weighted by molar-refractivity contribution is 6.30. The van der Waals surface area contributed by atoms with Gasteiger partial charge in [0.25, 0.3) is 11.6 Å². The number of nitrogens with two attached hydrogens (primary N) is 1. The fourth-order valence-corrected chi connectivity index (χ4v) is 2.36. The van der Waals surface area contributed by atoms with E-state index < -0.39 is 23.4 Å². The number of nitro benzene ring substituents is 1. The number of benzene rings is 2. The predicted octanol–water partition coefficient (Wildman–Crippen LogP) is 2.65. The van der Waals surface area contributed by atoms with Gasteiger partial charge >= 0.3 is 5.97 Å². The molecule has 0 aliphatic rings. The minimum Gasteiger partial charge on any atom is -0.452 e. The highest BCUT2D eigenvalue weighted by Crippen LogP contribution is 2.20. The topological polar surface area (TPSA) is 116 Å². The maximum Gasteiger partial charge on any atom is 0.341 e. The molecule has 9 heteroatoms. The predicted molar refractivity (Wildman–Crippen MR) is 95.7 cm³/mol. The molecule has 0 saturated heterocycles. The number of hydrogen-bond donors (Lipinski definition) is 1. The number of carbonyl (C=O) groups excluding carboxylic acids is 2. The molecule has 0 atom stereocenters. The molecule has 0 aliphatic carbocycles. The van der Waals surface area contributed by atoms with Gasteiger partial charge in [0.1, 0.15) is 0 Å². The second-order valence-electron chi connectivity index (χ2n) is 5.48. The van der Waals surface area contributed by atoms with Crippen molar-refractivity contribution in [2.24, 2.45) is 0 Å². The van der Waals surface area contributed by atoms with Gasteiger partial charge in [0.15, 0.2) is 6.61 Å². The number of halogens is 1. The number of nitrogens with zero attached hydrogens (tertiary/aromatic N) is 2. The van der Waals surface area contributed by atoms with E-state index >= 15 is 0 Å². The van der Waals surface area contributed by atoms with Crippen LogP contribution < -0.4 is 5.73 Å². The summed E-state index contributed by atoms with van der Waals surface area (Å²) in [6.45, 7) is -0.228. The average molecular weight is 378 g/mol. The average Bonchev–Trinajstić information content (AvgIpc) is 2.59. The molecular weight excluding hydrogens is 362 g/mol. The number of carbonyl (C=O) groups is 2. The molecule has 26 heavy (non-hydrogen) atoms. The minimum atomic E-state index is -0.907. The van der Waals surface area contributed by atoms with E-state index in [0.717, 1.165) is 11.6 Å². The highest BCUT2D eigenvalue weighted by atomic mass is 35.5. The van der Waals surface area contributed by atoms with Crippen molar-refractivity contribution in [1.82, 2.24) is 4.90 Å². The number of ether oxygens (including phenoxy) is 1. The molecule has 0 fully saturated rings. The molecule has 2 aromatic rings. The zero-order chi connectivity index (χ0) is 19.3. The van der Waals surface area contributed by atoms with Gasteiger partial charge in [-0.15, -0.1) is 0 Å². The van der Waals surface area contributed by atoms with Gasteiger partial charge in [0.2, 0.25) is 0 Å². The van der Waals surface area contributed by atoms with E-state index in [1.807, 2.05) is 6.07 Å². The molecule has 2 aromatic carbocycles. The molecular formula is C17H16ClN3O5. The van der Waals surface area contributed by atoms with Crippen molar-refractivity contribution < 1.29 is 19.2 Å². The summed E-state index contributed by atoms with van der Waals surface area (Å²) in [7, 11) is 1.55. The van der Waals surface area contributed by atoms with Crippen LogP contribution in [-0.4, -0.2) is 35.4 Å². The molecule has 0 bridgehead atoms. The van der Waals surface area contributed by atoms with Crippen molar-refractivity contribution in [3.05, 3.63) is 68.7 Å². The lowest BCUT2D eigenvalue weighted by Gasteiger charge is -2.17. The summed E-state index contributed by atoms with van der Waals surface area (Å²) >= 11 is 5.90. The molecule has 2 N–H and O–H groups in total. The quantitative estimate of drug-likeness (QED) is 0.358. The second-order valence-corrected chi connectivity index (χ2v) is 5.92. The lowest BCUT2D eigenvalue weighted by molar-refractivity contribution is -0.384. The number of anilines is 1. The first-order valence-electron chi connectivity index (χ1n) is 7.47. The molecule has 0 radical (unpaired) electrons. The highest BCUT2D eigenvalue weighted by Gasteiger charge is 2.19. The van der Waals surface area contributed by atoms with Gasteiger partial charge in [-0.1, -0.05) is 23.7 Å². The molecule has 0 spiro atoms. The zero-order valence-corrected chi connectivity index (χ0v) is 14.6. The second kappa shape index (κ2) is 8.30. The van der Waals surface area contributed by atoms with Crippen LogP contribution in [0.15, 0.2) is 42.5 Å². The van der Waals surface area contributed by atoms with E-state index in [9.17, 15) is 19.7 Å². The Morgan fingerprint density at radius 3 is 2.65 bits per heavy atom. The normalized spacial score (nSPS) is 10.2. The number of nitrogen functional groups attached to an aromatic ring is 1. The van der Waals surface area contributed by atoms with Crippen LogP contribution in [0.2, 0.25) is 5.02 Å². The van der Waals surface area contributed by atoms with Crippen molar-refractivity contribution >= 4 is 34.9 Å². The van der Waals surface area contributed by atoms with E-state index in [4.69, 9.17) is 22.1 Å². The maximum atomic E-state index is 12.1. The summed E-state index contributed by atoms with van der Waals surface area (Å²) in [6, 6.07) is 10.4. The molecule has 0 saturated carbocycles. The summed E-state index contributed by atoms with van der Waals surface area (Å²) in [4.78, 5) is 35.7. The third-order valence-corrected chi connectivity index (χ3v) is 3.76. The van der Waals surface area contributed by atoms with Gasteiger partial charge in [0, 0.05) is 36.4 Å². The number of amides is 1. The first-order chi connectivity index (χ1) is 12.3. The maximum absolute atomic E-state index is 12.1. The Balaban J connectivity index is 1.97. The van der Waals surface area contributed by atoms with Crippen molar-refractivity contribution in [1.29, 1.82) is 0 Å². The van der Waals surface area contributed by atoms with Crippen LogP contribution in [-0.2, 0) is 16.1 Å². The summed E-state index contributed by atoms with van der Waals surface area (Å²) in [6.07, 6.45) is 0. The fraction of sp³-hybridized carbons (Fsp3) is 0.176. The van der Waals surface area contributed by atoms with Crippen molar-refractivity contribution in [2.75, 3.05) is 19.4 Å². The van der Waals surface area contributed by atoms with Gasteiger partial charge in [-0.25, -0.2) is 4.79 Å². The fourth-order valence-electron chi connectivity index (χ4n) is 2.15. The summed E-state index contributed by atoms with van der Waals surface area (Å²) in [5, 5.41) is 11.3. The number of esters is 1. The van der Waals surface area contributed by atoms with Crippen LogP contribution in [0.3, 0.4) is 0 Å². The van der Waals surface area contributed by atoms with Crippen molar-refractivity contribution in [3.8, 4) is 0 Å². The first-order valence-corrected chi connectivity index (χ1v) is 7.85. The van der Waals surface area contributed by atoms with Gasteiger partial charge < -0.3 is 15.4 Å². The molecule has 0 aliphatic heterocycles. The first kappa shape index (κ1) is 19.2. The van der Waals surface area contributed by atoms with Crippen LogP contribution in [0.1, 0.15) is 15.9 Å². The molecule has 136 valence electrons. The number of nitro groups is 1. The largest absolute Gasteiger partial charge is 0.452 e. The summed E-state index contributed by atoms with van der Waals surface area (Å²) < 4.78 is 4.93. The molecule has 0 heterocycles. The van der Waals surface area contributed by atoms with Crippen LogP contribution in [0.25, 0.3) is 0 Å². The smallest absolute Gasteiger partial charge is 0.341 e. The number of non-ortho nitro benzene ring substituents is 1. The Labute approximate surface area is 154 Å². The number of likely N-dealkylation sites (N-methyl/N-ethyl adjacent to an activating group) is 1. The number of hydrogen-bond acceptors (Lipinski definition) is 6. The van der Waals surface area contributed by atoms with E-state index in [2.05, 4.69) is 0 Å². The standard InChI is InChI=1S/C17H16ClN3O5/c1-20(9-11-3-2-4-12(18)7-11)16(22)10-26-17(23)14-8-13(21(24)25)5-6-15(14)19/h2-8H,9-10,19H2,1H3. The van der Waals surface area contributed by atoms with Crippen LogP contribution in [0.5, 0.6) is 0 Å². The van der Waals surface area contributed by atoms with Gasteiger partial charge in [0.05, 0.1) is 10.5 Å². The van der Waals surface area contributed by atoms with E-state index in [-0.39, 0.29) is 23.5 Å². The Morgan fingerprint density at radius 2 is 2.00 bits per heavy atom. The van der Waals surface area contributed by atoms with E-state index in [1.54, 1.807) is 25.2 Å². The molecule has 1 amide bonds. The molecule has 0 aromatic heterocycles. The SMILES string of the molecule is CN(Cc1cccc(Cl)c1)C(=O)COC(=O)c1cc([N+](=O)[O-])ccc1N. The Bertz CT molecular complexity index is 856. The Morgan fingerprint density at radius 1 is 1.27 bits per heavy atom. The Hall–Kier alpha value is -3.13. The van der Waals surface area contributed by atoms with Gasteiger partial charge in [-0.05, 0) is 23.8 Å². The molecule has 0 unspecified atom stereocenters. The van der Waals surface area contributed by atoms with Crippen LogP contribution in [0.4, 0.5) is 11.4 Å². The Kier molecular flexibility index (Phi) is 6.13. The number of rotatable bonds is 6. The summed E-state index contributed by atoms with van der Waals surface area (Å²) in [5.74, 6) is -1.35. The van der Waals surface area contributed by atoms with Crippen LogP contribution in [0, 0.1) is 10.1 Å². The van der Waals surface area contributed by atoms with Crippen LogP contribution >= 0.6 is 11.6 Å². The lowest BCUT2D eigenvalue weighted by Crippen LogP contribution is -2.30. The van der Waals surface area contributed by atoms with Gasteiger partial charge in [-0.3, -0.25) is 14.9 Å². The van der Waals surface area contributed by atoms with Crippen molar-refractivity contribution in [3.63, 3.8) is 0 Å². The third-order valence-electron chi connectivity index (χ3n) is 3.53. The molecule has 2 rings (SSSR count).